The van der Waals surface area contributed by atoms with Crippen LogP contribution in [0.15, 0.2) is 0 Å². The minimum absolute atomic E-state index is 0.0354. The summed E-state index contributed by atoms with van der Waals surface area (Å²) in [7, 11) is 0. The molecular formula is C20H38N2O6. The van der Waals surface area contributed by atoms with Crippen LogP contribution in [0.4, 0.5) is 0 Å². The first-order valence-corrected chi connectivity index (χ1v) is 10.5. The van der Waals surface area contributed by atoms with Gasteiger partial charge in [0.25, 0.3) is 0 Å². The maximum Gasteiger partial charge on any atom is 0.319 e. The molecule has 8 nitrogen and oxygen atoms in total. The van der Waals surface area contributed by atoms with Gasteiger partial charge in [0.1, 0.15) is 0 Å². The molecular weight excluding hydrogens is 364 g/mol. The Morgan fingerprint density at radius 3 is 1.89 bits per heavy atom. The summed E-state index contributed by atoms with van der Waals surface area (Å²) in [6, 6.07) is 0. The maximum absolute atomic E-state index is 12.3. The molecule has 0 saturated carbocycles. The largest absolute Gasteiger partial charge is 0.481 e. The molecule has 8 heteroatoms. The van der Waals surface area contributed by atoms with Gasteiger partial charge in [-0.05, 0) is 6.42 Å². The van der Waals surface area contributed by atoms with E-state index in [1.165, 1.54) is 43.4 Å². The van der Waals surface area contributed by atoms with Crippen LogP contribution in [0, 0.1) is 5.92 Å². The molecule has 0 unspecified atom stereocenters. The molecule has 0 aliphatic carbocycles. The molecule has 0 spiro atoms. The Morgan fingerprint density at radius 2 is 1.39 bits per heavy atom. The van der Waals surface area contributed by atoms with Crippen LogP contribution in [-0.2, 0) is 14.4 Å². The lowest BCUT2D eigenvalue weighted by Crippen LogP contribution is -2.41. The number of carboxylic acid groups (broad SMARTS) is 2. The summed E-state index contributed by atoms with van der Waals surface area (Å²) in [5.74, 6) is -4.34. The summed E-state index contributed by atoms with van der Waals surface area (Å²) in [6.45, 7) is 2.67. The van der Waals surface area contributed by atoms with Gasteiger partial charge in [0.2, 0.25) is 5.91 Å². The molecule has 164 valence electrons. The van der Waals surface area contributed by atoms with Gasteiger partial charge >= 0.3 is 11.9 Å². The van der Waals surface area contributed by atoms with Gasteiger partial charge in [0.15, 0.2) is 5.92 Å². The van der Waals surface area contributed by atoms with E-state index in [1.807, 2.05) is 0 Å². The molecule has 0 aliphatic rings. The number of aliphatic carboxylic acids is 2. The third-order valence-electron chi connectivity index (χ3n) is 4.72. The number of hydrogen-bond donors (Lipinski definition) is 4. The minimum Gasteiger partial charge on any atom is -0.481 e. The molecule has 0 saturated heterocycles. The van der Waals surface area contributed by atoms with Crippen molar-refractivity contribution < 1.29 is 29.7 Å². The van der Waals surface area contributed by atoms with Crippen molar-refractivity contribution in [1.29, 1.82) is 0 Å². The molecule has 0 aliphatic heterocycles. The number of aliphatic hydroxyl groups is 1. The summed E-state index contributed by atoms with van der Waals surface area (Å²) >= 11 is 0. The van der Waals surface area contributed by atoms with Crippen molar-refractivity contribution in [2.75, 3.05) is 32.8 Å². The fraction of sp³-hybridized carbons (Fsp3) is 0.850. The molecule has 0 bridgehead atoms. The lowest BCUT2D eigenvalue weighted by molar-refractivity contribution is -0.154. The van der Waals surface area contributed by atoms with Crippen molar-refractivity contribution in [3.8, 4) is 0 Å². The third-order valence-corrected chi connectivity index (χ3v) is 4.72. The van der Waals surface area contributed by atoms with Crippen molar-refractivity contribution in [3.05, 3.63) is 0 Å². The monoisotopic (exact) mass is 402 g/mol. The second-order valence-corrected chi connectivity index (χ2v) is 7.12. The number of amides is 1. The molecule has 0 atom stereocenters. The van der Waals surface area contributed by atoms with E-state index in [9.17, 15) is 14.4 Å². The van der Waals surface area contributed by atoms with Gasteiger partial charge in [-0.2, -0.15) is 0 Å². The van der Waals surface area contributed by atoms with Gasteiger partial charge in [0.05, 0.1) is 6.61 Å². The highest BCUT2D eigenvalue weighted by molar-refractivity contribution is 5.93. The van der Waals surface area contributed by atoms with Gasteiger partial charge in [-0.3, -0.25) is 14.4 Å². The van der Waals surface area contributed by atoms with E-state index in [1.54, 1.807) is 0 Å². The van der Waals surface area contributed by atoms with Crippen molar-refractivity contribution in [2.45, 2.75) is 71.1 Å². The lowest BCUT2D eigenvalue weighted by Gasteiger charge is -2.22. The van der Waals surface area contributed by atoms with Crippen LogP contribution in [0.1, 0.15) is 71.1 Å². The van der Waals surface area contributed by atoms with Crippen LogP contribution in [0.2, 0.25) is 0 Å². The summed E-state index contributed by atoms with van der Waals surface area (Å²) in [6.07, 6.45) is 11.0. The zero-order valence-electron chi connectivity index (χ0n) is 17.2. The first-order chi connectivity index (χ1) is 13.4. The van der Waals surface area contributed by atoms with Gasteiger partial charge in [-0.25, -0.2) is 0 Å². The third kappa shape index (κ3) is 13.5. The maximum atomic E-state index is 12.3. The van der Waals surface area contributed by atoms with E-state index in [0.717, 1.165) is 19.3 Å². The summed E-state index contributed by atoms with van der Waals surface area (Å²) in [4.78, 5) is 35.5. The van der Waals surface area contributed by atoms with Gasteiger partial charge in [-0.1, -0.05) is 58.3 Å². The molecule has 28 heavy (non-hydrogen) atoms. The number of aliphatic hydroxyl groups excluding tert-OH is 1. The second kappa shape index (κ2) is 17.4. The van der Waals surface area contributed by atoms with E-state index in [-0.39, 0.29) is 32.1 Å². The van der Waals surface area contributed by atoms with Crippen LogP contribution in [-0.4, -0.2) is 70.9 Å². The zero-order chi connectivity index (χ0) is 21.2. The van der Waals surface area contributed by atoms with Crippen molar-refractivity contribution in [2.24, 2.45) is 5.92 Å². The Balaban J connectivity index is 3.96. The Hall–Kier alpha value is -1.67. The quantitative estimate of drug-likeness (QED) is 0.192. The van der Waals surface area contributed by atoms with Gasteiger partial charge in [-0.15, -0.1) is 0 Å². The number of nitrogens with zero attached hydrogens (tertiary/aromatic N) is 1. The smallest absolute Gasteiger partial charge is 0.319 e. The number of hydrogen-bond acceptors (Lipinski definition) is 5. The Bertz CT molecular complexity index is 430. The van der Waals surface area contributed by atoms with E-state index in [2.05, 4.69) is 12.2 Å². The van der Waals surface area contributed by atoms with Gasteiger partial charge < -0.3 is 25.5 Å². The summed E-state index contributed by atoms with van der Waals surface area (Å²) in [5.41, 5.74) is 0. The minimum atomic E-state index is -1.51. The Labute approximate surface area is 168 Å². The van der Waals surface area contributed by atoms with Crippen molar-refractivity contribution >= 4 is 17.8 Å². The average Bonchev–Trinajstić information content (AvgIpc) is 2.64. The molecule has 0 rings (SSSR count). The van der Waals surface area contributed by atoms with Crippen LogP contribution in [0.25, 0.3) is 0 Å². The highest BCUT2D eigenvalue weighted by Gasteiger charge is 2.25. The number of carboxylic acids is 2. The summed E-state index contributed by atoms with van der Waals surface area (Å²) in [5, 5.41) is 29.5. The normalized spacial score (nSPS) is 11.0. The molecule has 0 fully saturated rings. The van der Waals surface area contributed by atoms with Crippen LogP contribution in [0.3, 0.4) is 0 Å². The standard InChI is InChI=1S/C20H38N2O6/c1-2-3-4-5-6-7-8-9-10-11-18(24)22(14-15-23)13-12-21-16-17(19(25)26)20(27)28/h17,21,23H,2-16H2,1H3,(H,25,26)(H,27,28). The second-order valence-electron chi connectivity index (χ2n) is 7.12. The number of carbonyl (C=O) groups excluding carboxylic acids is 1. The predicted octanol–water partition coefficient (Wildman–Crippen LogP) is 2.10. The molecule has 4 N–H and O–H groups in total. The van der Waals surface area contributed by atoms with E-state index in [4.69, 9.17) is 15.3 Å². The van der Waals surface area contributed by atoms with Gasteiger partial charge in [0, 0.05) is 32.6 Å². The predicted molar refractivity (Wildman–Crippen MR) is 107 cm³/mol. The van der Waals surface area contributed by atoms with Crippen LogP contribution < -0.4 is 5.32 Å². The number of unbranched alkanes of at least 4 members (excludes halogenated alkanes) is 8. The molecule has 0 aromatic rings. The highest BCUT2D eigenvalue weighted by Crippen LogP contribution is 2.11. The Kier molecular flexibility index (Phi) is 16.4. The SMILES string of the molecule is CCCCCCCCCCCC(=O)N(CCO)CCNCC(C(=O)O)C(=O)O. The fourth-order valence-electron chi connectivity index (χ4n) is 2.97. The van der Waals surface area contributed by atoms with E-state index < -0.39 is 17.9 Å². The number of rotatable bonds is 19. The van der Waals surface area contributed by atoms with Crippen LogP contribution in [0.5, 0.6) is 0 Å². The average molecular weight is 403 g/mol. The molecule has 0 heterocycles. The molecule has 0 aromatic heterocycles. The fourth-order valence-corrected chi connectivity index (χ4v) is 2.97. The van der Waals surface area contributed by atoms with Crippen molar-refractivity contribution in [3.63, 3.8) is 0 Å². The number of carbonyl (C=O) groups is 3. The summed E-state index contributed by atoms with van der Waals surface area (Å²) < 4.78 is 0. The topological polar surface area (TPSA) is 127 Å². The molecule has 0 aromatic carbocycles. The van der Waals surface area contributed by atoms with E-state index >= 15 is 0 Å². The lowest BCUT2D eigenvalue weighted by atomic mass is 10.1. The highest BCUT2D eigenvalue weighted by atomic mass is 16.4. The first kappa shape index (κ1) is 26.3. The van der Waals surface area contributed by atoms with E-state index in [0.29, 0.717) is 13.0 Å². The first-order valence-electron chi connectivity index (χ1n) is 10.5. The Morgan fingerprint density at radius 1 is 0.857 bits per heavy atom. The molecule has 0 radical (unpaired) electrons. The van der Waals surface area contributed by atoms with Crippen molar-refractivity contribution in [1.82, 2.24) is 10.2 Å². The molecule has 1 amide bonds. The van der Waals surface area contributed by atoms with Crippen LogP contribution >= 0.6 is 0 Å². The number of nitrogens with one attached hydrogen (secondary N) is 1. The zero-order valence-corrected chi connectivity index (χ0v) is 17.2.